The summed E-state index contributed by atoms with van der Waals surface area (Å²) in [6.45, 7) is 10.7. The Labute approximate surface area is 195 Å². The average molecular weight is 451 g/mol. The van der Waals surface area contributed by atoms with Crippen LogP contribution < -0.4 is 15.5 Å². The highest BCUT2D eigenvalue weighted by Crippen LogP contribution is 2.34. The van der Waals surface area contributed by atoms with Gasteiger partial charge in [0, 0.05) is 55.6 Å². The van der Waals surface area contributed by atoms with Gasteiger partial charge in [-0.05, 0) is 64.3 Å². The van der Waals surface area contributed by atoms with Crippen LogP contribution in [0.4, 0.5) is 16.3 Å². The van der Waals surface area contributed by atoms with Crippen molar-refractivity contribution in [3.63, 3.8) is 0 Å². The van der Waals surface area contributed by atoms with Gasteiger partial charge in [0.05, 0.1) is 17.9 Å². The number of hydrogen-bond donors (Lipinski definition) is 2. The number of urea groups is 1. The minimum atomic E-state index is -0.201. The van der Waals surface area contributed by atoms with Gasteiger partial charge in [-0.1, -0.05) is 0 Å². The third-order valence-electron chi connectivity index (χ3n) is 6.88. The molecule has 2 amide bonds. The minimum Gasteiger partial charge on any atom is -0.371 e. The molecule has 176 valence electrons. The topological polar surface area (TPSA) is 82.6 Å². The van der Waals surface area contributed by atoms with E-state index >= 15 is 0 Å². The molecule has 0 saturated carbocycles. The zero-order valence-corrected chi connectivity index (χ0v) is 19.8. The van der Waals surface area contributed by atoms with Gasteiger partial charge in [0.1, 0.15) is 5.82 Å². The summed E-state index contributed by atoms with van der Waals surface area (Å²) in [5.41, 5.74) is 4.14. The molecule has 1 aromatic heterocycles. The van der Waals surface area contributed by atoms with E-state index in [0.29, 0.717) is 24.8 Å². The Kier molecular flexibility index (Phi) is 6.21. The molecule has 33 heavy (non-hydrogen) atoms. The van der Waals surface area contributed by atoms with Crippen LogP contribution in [0.3, 0.4) is 0 Å². The summed E-state index contributed by atoms with van der Waals surface area (Å²) in [4.78, 5) is 26.9. The van der Waals surface area contributed by atoms with Crippen LogP contribution in [0.25, 0.3) is 11.4 Å². The Hall–Kier alpha value is -2.71. The van der Waals surface area contributed by atoms with Crippen molar-refractivity contribution in [1.29, 1.82) is 0 Å². The SMILES string of the molecule is CCNC(=O)Nc1ccc(-c2nc3c(c(N4CC5CCC(C4)O5)n2)CCN(C(C)C)C3)cc1. The third kappa shape index (κ3) is 4.68. The minimum absolute atomic E-state index is 0.201. The largest absolute Gasteiger partial charge is 0.371 e. The van der Waals surface area contributed by atoms with Gasteiger partial charge in [0.2, 0.25) is 0 Å². The van der Waals surface area contributed by atoms with Gasteiger partial charge in [-0.3, -0.25) is 4.90 Å². The normalized spacial score (nSPS) is 22.4. The molecule has 2 bridgehead atoms. The van der Waals surface area contributed by atoms with Crippen molar-refractivity contribution in [2.24, 2.45) is 0 Å². The predicted octanol–water partition coefficient (Wildman–Crippen LogP) is 3.42. The monoisotopic (exact) mass is 450 g/mol. The van der Waals surface area contributed by atoms with E-state index in [1.54, 1.807) is 0 Å². The molecule has 3 aliphatic heterocycles. The Bertz CT molecular complexity index is 997. The number of fused-ring (bicyclic) bond motifs is 3. The third-order valence-corrected chi connectivity index (χ3v) is 6.88. The Balaban J connectivity index is 1.47. The zero-order chi connectivity index (χ0) is 22.9. The maximum Gasteiger partial charge on any atom is 0.319 e. The van der Waals surface area contributed by atoms with Gasteiger partial charge in [-0.15, -0.1) is 0 Å². The summed E-state index contributed by atoms with van der Waals surface area (Å²) in [5.74, 6) is 1.83. The fourth-order valence-electron chi connectivity index (χ4n) is 5.09. The van der Waals surface area contributed by atoms with Crippen molar-refractivity contribution in [2.75, 3.05) is 36.4 Å². The van der Waals surface area contributed by atoms with E-state index in [-0.39, 0.29) is 6.03 Å². The number of aromatic nitrogens is 2. The van der Waals surface area contributed by atoms with E-state index in [0.717, 1.165) is 74.0 Å². The van der Waals surface area contributed by atoms with Crippen LogP contribution in [-0.2, 0) is 17.7 Å². The Morgan fingerprint density at radius 1 is 1.15 bits per heavy atom. The number of hydrogen-bond acceptors (Lipinski definition) is 6. The van der Waals surface area contributed by atoms with Crippen LogP contribution in [0.5, 0.6) is 0 Å². The van der Waals surface area contributed by atoms with E-state index < -0.39 is 0 Å². The van der Waals surface area contributed by atoms with E-state index in [1.165, 1.54) is 5.56 Å². The van der Waals surface area contributed by atoms with Crippen molar-refractivity contribution < 1.29 is 9.53 Å². The molecule has 1 aromatic carbocycles. The molecule has 2 fully saturated rings. The summed E-state index contributed by atoms with van der Waals surface area (Å²) in [7, 11) is 0. The zero-order valence-electron chi connectivity index (χ0n) is 19.8. The summed E-state index contributed by atoms with van der Waals surface area (Å²) in [5, 5.41) is 5.60. The van der Waals surface area contributed by atoms with E-state index in [4.69, 9.17) is 14.7 Å². The lowest BCUT2D eigenvalue weighted by molar-refractivity contribution is 0.0301. The predicted molar refractivity (Wildman–Crippen MR) is 130 cm³/mol. The molecule has 0 aliphatic carbocycles. The van der Waals surface area contributed by atoms with Crippen molar-refractivity contribution >= 4 is 17.5 Å². The van der Waals surface area contributed by atoms with Gasteiger partial charge in [-0.25, -0.2) is 14.8 Å². The molecule has 0 radical (unpaired) electrons. The number of carbonyl (C=O) groups excluding carboxylic acids is 1. The molecule has 0 spiro atoms. The van der Waals surface area contributed by atoms with Gasteiger partial charge < -0.3 is 20.3 Å². The maximum atomic E-state index is 11.8. The number of benzene rings is 1. The highest BCUT2D eigenvalue weighted by molar-refractivity contribution is 5.89. The fraction of sp³-hybridized carbons (Fsp3) is 0.560. The number of rotatable bonds is 5. The van der Waals surface area contributed by atoms with Gasteiger partial charge >= 0.3 is 6.03 Å². The number of carbonyl (C=O) groups is 1. The van der Waals surface area contributed by atoms with Crippen LogP contribution in [0.15, 0.2) is 24.3 Å². The standard InChI is InChI=1S/C25H34N6O2/c1-4-26-25(32)27-18-7-5-17(6-8-18)23-28-22-15-30(16(2)3)12-11-21(22)24(29-23)31-13-19-9-10-20(14-31)33-19/h5-8,16,19-20H,4,9-15H2,1-3H3,(H2,26,27,32). The lowest BCUT2D eigenvalue weighted by Crippen LogP contribution is -2.44. The van der Waals surface area contributed by atoms with E-state index in [1.807, 2.05) is 31.2 Å². The number of ether oxygens (including phenoxy) is 1. The van der Waals surface area contributed by atoms with Gasteiger partial charge in [-0.2, -0.15) is 0 Å². The second kappa shape index (κ2) is 9.27. The van der Waals surface area contributed by atoms with Crippen molar-refractivity contribution in [3.05, 3.63) is 35.5 Å². The van der Waals surface area contributed by atoms with Crippen LogP contribution in [0.1, 0.15) is 44.9 Å². The Morgan fingerprint density at radius 3 is 2.55 bits per heavy atom. The molecule has 8 nitrogen and oxygen atoms in total. The van der Waals surface area contributed by atoms with Gasteiger partial charge in [0.25, 0.3) is 0 Å². The van der Waals surface area contributed by atoms with Gasteiger partial charge in [0.15, 0.2) is 5.82 Å². The van der Waals surface area contributed by atoms with E-state index in [9.17, 15) is 4.79 Å². The molecule has 2 unspecified atom stereocenters. The maximum absolute atomic E-state index is 11.8. The molecule has 3 aliphatic rings. The first-order valence-corrected chi connectivity index (χ1v) is 12.2. The first-order chi connectivity index (χ1) is 16.0. The van der Waals surface area contributed by atoms with E-state index in [2.05, 4.69) is 34.3 Å². The molecular weight excluding hydrogens is 416 g/mol. The summed E-state index contributed by atoms with van der Waals surface area (Å²) >= 11 is 0. The van der Waals surface area contributed by atoms with Crippen LogP contribution in [-0.4, -0.2) is 65.3 Å². The molecule has 2 aromatic rings. The molecular formula is C25H34N6O2. The van der Waals surface area contributed by atoms with Crippen LogP contribution in [0.2, 0.25) is 0 Å². The second-order valence-corrected chi connectivity index (χ2v) is 9.53. The summed E-state index contributed by atoms with van der Waals surface area (Å²) < 4.78 is 6.09. The fourth-order valence-corrected chi connectivity index (χ4v) is 5.09. The summed E-state index contributed by atoms with van der Waals surface area (Å²) in [6, 6.07) is 8.07. The van der Waals surface area contributed by atoms with Crippen molar-refractivity contribution in [3.8, 4) is 11.4 Å². The smallest absolute Gasteiger partial charge is 0.319 e. The highest BCUT2D eigenvalue weighted by Gasteiger charge is 2.36. The van der Waals surface area contributed by atoms with Crippen molar-refractivity contribution in [2.45, 2.75) is 64.8 Å². The molecule has 4 heterocycles. The number of morpholine rings is 1. The second-order valence-electron chi connectivity index (χ2n) is 9.53. The molecule has 2 atom stereocenters. The number of nitrogens with one attached hydrogen (secondary N) is 2. The lowest BCUT2D eigenvalue weighted by Gasteiger charge is -2.37. The number of amides is 2. The highest BCUT2D eigenvalue weighted by atomic mass is 16.5. The number of nitrogens with zero attached hydrogens (tertiary/aromatic N) is 4. The molecule has 2 saturated heterocycles. The first kappa shape index (κ1) is 22.1. The molecule has 5 rings (SSSR count). The number of anilines is 2. The van der Waals surface area contributed by atoms with Crippen LogP contribution in [0, 0.1) is 0 Å². The first-order valence-electron chi connectivity index (χ1n) is 12.2. The van der Waals surface area contributed by atoms with Crippen LogP contribution >= 0.6 is 0 Å². The molecule has 2 N–H and O–H groups in total. The Morgan fingerprint density at radius 2 is 1.88 bits per heavy atom. The molecule has 8 heteroatoms. The lowest BCUT2D eigenvalue weighted by atomic mass is 10.0. The average Bonchev–Trinajstić information content (AvgIpc) is 3.15. The summed E-state index contributed by atoms with van der Waals surface area (Å²) in [6.07, 6.45) is 3.89. The quantitative estimate of drug-likeness (QED) is 0.726. The van der Waals surface area contributed by atoms with Crippen molar-refractivity contribution in [1.82, 2.24) is 20.2 Å².